The van der Waals surface area contributed by atoms with Crippen molar-refractivity contribution in [1.82, 2.24) is 0 Å². The van der Waals surface area contributed by atoms with E-state index < -0.39 is 31.7 Å². The number of hydrogen-bond acceptors (Lipinski definition) is 3. The highest BCUT2D eigenvalue weighted by atomic mass is 19.4. The lowest BCUT2D eigenvalue weighted by molar-refractivity contribution is -0.0810. The molecule has 0 saturated carbocycles. The third kappa shape index (κ3) is 12.4. The molecule has 0 unspecified atom stereocenters. The van der Waals surface area contributed by atoms with Gasteiger partial charge in [0.05, 0.1) is 0 Å². The molecule has 0 aromatic carbocycles. The standard InChI is InChI=1S/C9H8F6O3/c10-8(11,12)3-1-5-17-7(16)18-6-2-4-9(13,14)15/h1-4H,5-6H2/b3-1+,4-2+. The Morgan fingerprint density at radius 2 is 1.17 bits per heavy atom. The maximum atomic E-state index is 11.6. The van der Waals surface area contributed by atoms with Gasteiger partial charge in [0.15, 0.2) is 0 Å². The zero-order chi connectivity index (χ0) is 14.2. The second-order valence-corrected chi connectivity index (χ2v) is 2.76. The van der Waals surface area contributed by atoms with Crippen molar-refractivity contribution < 1.29 is 40.6 Å². The molecule has 0 aliphatic heterocycles. The summed E-state index contributed by atoms with van der Waals surface area (Å²) >= 11 is 0. The van der Waals surface area contributed by atoms with Gasteiger partial charge in [-0.25, -0.2) is 4.79 Å². The molecule has 0 saturated heterocycles. The maximum Gasteiger partial charge on any atom is 0.508 e. The highest BCUT2D eigenvalue weighted by Gasteiger charge is 2.22. The van der Waals surface area contributed by atoms with Crippen molar-refractivity contribution >= 4 is 6.16 Å². The van der Waals surface area contributed by atoms with Gasteiger partial charge in [-0.2, -0.15) is 26.3 Å². The summed E-state index contributed by atoms with van der Waals surface area (Å²) < 4.78 is 77.6. The number of rotatable bonds is 4. The van der Waals surface area contributed by atoms with Crippen LogP contribution in [0.15, 0.2) is 24.3 Å². The molecule has 3 nitrogen and oxygen atoms in total. The number of allylic oxidation sites excluding steroid dienone is 2. The average Bonchev–Trinajstić information content (AvgIpc) is 2.17. The Bertz CT molecular complexity index is 285. The summed E-state index contributed by atoms with van der Waals surface area (Å²) in [4.78, 5) is 10.6. The Balaban J connectivity index is 3.74. The van der Waals surface area contributed by atoms with E-state index in [9.17, 15) is 31.1 Å². The van der Waals surface area contributed by atoms with Gasteiger partial charge in [0.2, 0.25) is 0 Å². The fraction of sp³-hybridized carbons (Fsp3) is 0.444. The number of hydrogen-bond donors (Lipinski definition) is 0. The lowest BCUT2D eigenvalue weighted by atomic mass is 10.5. The molecular formula is C9H8F6O3. The minimum Gasteiger partial charge on any atom is -0.430 e. The van der Waals surface area contributed by atoms with E-state index in [0.29, 0.717) is 12.2 Å². The first-order valence-electron chi connectivity index (χ1n) is 4.38. The molecule has 0 atom stereocenters. The van der Waals surface area contributed by atoms with Crippen molar-refractivity contribution in [1.29, 1.82) is 0 Å². The lowest BCUT2D eigenvalue weighted by Gasteiger charge is -2.02. The largest absolute Gasteiger partial charge is 0.508 e. The minimum atomic E-state index is -4.53. The van der Waals surface area contributed by atoms with E-state index in [2.05, 4.69) is 9.47 Å². The molecule has 18 heavy (non-hydrogen) atoms. The molecule has 0 spiro atoms. The Kier molecular flexibility index (Phi) is 6.28. The highest BCUT2D eigenvalue weighted by molar-refractivity contribution is 5.60. The molecule has 0 aliphatic carbocycles. The van der Waals surface area contributed by atoms with Crippen molar-refractivity contribution in [3.8, 4) is 0 Å². The van der Waals surface area contributed by atoms with Gasteiger partial charge in [-0.15, -0.1) is 0 Å². The molecule has 0 radical (unpaired) electrons. The van der Waals surface area contributed by atoms with Crippen LogP contribution in [0.4, 0.5) is 31.1 Å². The zero-order valence-corrected chi connectivity index (χ0v) is 8.72. The first-order chi connectivity index (χ1) is 8.10. The van der Waals surface area contributed by atoms with Crippen LogP contribution < -0.4 is 0 Å². The molecule has 0 bridgehead atoms. The Labute approximate surface area is 97.7 Å². The smallest absolute Gasteiger partial charge is 0.430 e. The van der Waals surface area contributed by atoms with E-state index in [0.717, 1.165) is 0 Å². The summed E-state index contributed by atoms with van der Waals surface area (Å²) in [5.74, 6) is 0. The van der Waals surface area contributed by atoms with Gasteiger partial charge < -0.3 is 9.47 Å². The molecule has 0 aromatic heterocycles. The first kappa shape index (κ1) is 16.3. The lowest BCUT2D eigenvalue weighted by Crippen LogP contribution is -2.09. The van der Waals surface area contributed by atoms with E-state index in [1.165, 1.54) is 0 Å². The van der Waals surface area contributed by atoms with Gasteiger partial charge in [0.1, 0.15) is 13.2 Å². The second kappa shape index (κ2) is 6.92. The number of alkyl halides is 6. The van der Waals surface area contributed by atoms with Crippen molar-refractivity contribution in [3.63, 3.8) is 0 Å². The zero-order valence-electron chi connectivity index (χ0n) is 8.72. The molecule has 0 aromatic rings. The van der Waals surface area contributed by atoms with Crippen molar-refractivity contribution in [3.05, 3.63) is 24.3 Å². The Hall–Kier alpha value is -1.67. The van der Waals surface area contributed by atoms with Crippen molar-refractivity contribution in [2.24, 2.45) is 0 Å². The molecule has 0 heterocycles. The first-order valence-corrected chi connectivity index (χ1v) is 4.38. The predicted molar refractivity (Wildman–Crippen MR) is 47.7 cm³/mol. The molecular weight excluding hydrogens is 270 g/mol. The van der Waals surface area contributed by atoms with Gasteiger partial charge >= 0.3 is 18.5 Å². The van der Waals surface area contributed by atoms with Crippen molar-refractivity contribution in [2.45, 2.75) is 12.4 Å². The predicted octanol–water partition coefficient (Wildman–Crippen LogP) is 3.38. The van der Waals surface area contributed by atoms with E-state index in [1.54, 1.807) is 0 Å². The number of carbonyl (C=O) groups is 1. The molecule has 9 heteroatoms. The number of halogens is 6. The SMILES string of the molecule is O=C(OC/C=C/C(F)(F)F)OC/C=C/C(F)(F)F. The molecule has 0 rings (SSSR count). The molecule has 0 aliphatic rings. The third-order valence-electron chi connectivity index (χ3n) is 1.21. The van der Waals surface area contributed by atoms with Crippen LogP contribution in [0.3, 0.4) is 0 Å². The third-order valence-corrected chi connectivity index (χ3v) is 1.21. The van der Waals surface area contributed by atoms with Crippen LogP contribution in [0.5, 0.6) is 0 Å². The van der Waals surface area contributed by atoms with Crippen LogP contribution in [0.25, 0.3) is 0 Å². The topological polar surface area (TPSA) is 35.5 Å². The van der Waals surface area contributed by atoms with Crippen LogP contribution in [-0.4, -0.2) is 31.7 Å². The second-order valence-electron chi connectivity index (χ2n) is 2.76. The van der Waals surface area contributed by atoms with Gasteiger partial charge in [-0.1, -0.05) is 0 Å². The van der Waals surface area contributed by atoms with Crippen molar-refractivity contribution in [2.75, 3.05) is 13.2 Å². The van der Waals surface area contributed by atoms with Crippen LogP contribution in [0, 0.1) is 0 Å². The van der Waals surface area contributed by atoms with E-state index in [1.807, 2.05) is 0 Å². The van der Waals surface area contributed by atoms with E-state index in [4.69, 9.17) is 0 Å². The highest BCUT2D eigenvalue weighted by Crippen LogP contribution is 2.16. The summed E-state index contributed by atoms with van der Waals surface area (Å²) in [5.41, 5.74) is 0. The molecule has 104 valence electrons. The summed E-state index contributed by atoms with van der Waals surface area (Å²) in [5, 5.41) is 0. The Morgan fingerprint density at radius 3 is 1.44 bits per heavy atom. The molecule has 0 N–H and O–H groups in total. The minimum absolute atomic E-state index is 0.149. The summed E-state index contributed by atoms with van der Waals surface area (Å²) in [6.07, 6.45) is -9.67. The molecule has 0 fully saturated rings. The van der Waals surface area contributed by atoms with Gasteiger partial charge in [0.25, 0.3) is 0 Å². The molecule has 0 amide bonds. The van der Waals surface area contributed by atoms with Gasteiger partial charge in [-0.3, -0.25) is 0 Å². The fourth-order valence-electron chi connectivity index (χ4n) is 0.637. The monoisotopic (exact) mass is 278 g/mol. The summed E-state index contributed by atoms with van der Waals surface area (Å²) in [6, 6.07) is 0. The van der Waals surface area contributed by atoms with Crippen LogP contribution >= 0.6 is 0 Å². The average molecular weight is 278 g/mol. The Morgan fingerprint density at radius 1 is 0.833 bits per heavy atom. The quantitative estimate of drug-likeness (QED) is 0.449. The summed E-state index contributed by atoms with van der Waals surface area (Å²) in [6.45, 7) is -1.39. The fourth-order valence-corrected chi connectivity index (χ4v) is 0.637. The normalized spacial score (nSPS) is 13.2. The number of ether oxygens (including phenoxy) is 2. The van der Waals surface area contributed by atoms with Gasteiger partial charge in [0, 0.05) is 12.2 Å². The van der Waals surface area contributed by atoms with E-state index >= 15 is 0 Å². The maximum absolute atomic E-state index is 11.6. The summed E-state index contributed by atoms with van der Waals surface area (Å²) in [7, 11) is 0. The van der Waals surface area contributed by atoms with Crippen LogP contribution in [-0.2, 0) is 9.47 Å². The van der Waals surface area contributed by atoms with Gasteiger partial charge in [-0.05, 0) is 12.2 Å². The number of carbonyl (C=O) groups excluding carboxylic acids is 1. The van der Waals surface area contributed by atoms with Crippen LogP contribution in [0.2, 0.25) is 0 Å². The van der Waals surface area contributed by atoms with Crippen LogP contribution in [0.1, 0.15) is 0 Å². The van der Waals surface area contributed by atoms with E-state index in [-0.39, 0.29) is 12.2 Å².